The van der Waals surface area contributed by atoms with Crippen molar-refractivity contribution in [3.63, 3.8) is 0 Å². The van der Waals surface area contributed by atoms with Gasteiger partial charge < -0.3 is 10.6 Å². The van der Waals surface area contributed by atoms with Crippen LogP contribution in [-0.4, -0.2) is 41.0 Å². The number of likely N-dealkylation sites (N-methyl/N-ethyl adjacent to an activating group) is 1. The fraction of sp³-hybridized carbons (Fsp3) is 0.278. The van der Waals surface area contributed by atoms with Crippen molar-refractivity contribution in [3.8, 4) is 0 Å². The monoisotopic (exact) mass is 361 g/mol. The van der Waals surface area contributed by atoms with Crippen molar-refractivity contribution in [2.24, 2.45) is 0 Å². The van der Waals surface area contributed by atoms with Crippen LogP contribution in [0.25, 0.3) is 0 Å². The highest BCUT2D eigenvalue weighted by Crippen LogP contribution is 2.24. The van der Waals surface area contributed by atoms with Gasteiger partial charge in [0.05, 0.1) is 11.3 Å². The smallest absolute Gasteiger partial charge is 0.264 e. The number of hydrogen-bond acceptors (Lipinski definition) is 4. The van der Waals surface area contributed by atoms with E-state index in [4.69, 9.17) is 0 Å². The second kappa shape index (κ2) is 8.13. The average molecular weight is 361 g/mol. The summed E-state index contributed by atoms with van der Waals surface area (Å²) in [6.07, 6.45) is 0. The van der Waals surface area contributed by atoms with Gasteiger partial charge in [0.25, 0.3) is 15.9 Å². The zero-order valence-corrected chi connectivity index (χ0v) is 15.4. The van der Waals surface area contributed by atoms with E-state index in [9.17, 15) is 13.2 Å². The van der Waals surface area contributed by atoms with E-state index in [1.165, 1.54) is 23.5 Å². The summed E-state index contributed by atoms with van der Waals surface area (Å²) in [6.45, 7) is 2.32. The molecule has 2 N–H and O–H groups in total. The lowest BCUT2D eigenvalue weighted by Gasteiger charge is -2.21. The van der Waals surface area contributed by atoms with Gasteiger partial charge in [-0.3, -0.25) is 9.10 Å². The zero-order valence-electron chi connectivity index (χ0n) is 14.6. The summed E-state index contributed by atoms with van der Waals surface area (Å²) in [7, 11) is -0.585. The van der Waals surface area contributed by atoms with Crippen LogP contribution in [0.15, 0.2) is 59.5 Å². The minimum atomic E-state index is -3.85. The lowest BCUT2D eigenvalue weighted by molar-refractivity contribution is 0.0947. The Morgan fingerprint density at radius 3 is 2.32 bits per heavy atom. The quantitative estimate of drug-likeness (QED) is 0.789. The summed E-state index contributed by atoms with van der Waals surface area (Å²) in [5.74, 6) is -0.414. The maximum absolute atomic E-state index is 13.0. The Hall–Kier alpha value is -2.38. The van der Waals surface area contributed by atoms with Crippen molar-refractivity contribution < 1.29 is 13.2 Å². The third kappa shape index (κ3) is 4.37. The van der Waals surface area contributed by atoms with E-state index in [-0.39, 0.29) is 16.5 Å². The lowest BCUT2D eigenvalue weighted by Crippen LogP contribution is -2.38. The third-order valence-electron chi connectivity index (χ3n) is 3.95. The SMILES string of the molecule is CNC(C)CNC(=O)c1ccccc1S(=O)(=O)N(C)c1ccccc1. The molecule has 134 valence electrons. The van der Waals surface area contributed by atoms with Crippen molar-refractivity contribution in [1.29, 1.82) is 0 Å². The first-order chi connectivity index (χ1) is 11.9. The number of rotatable bonds is 7. The molecule has 1 unspecified atom stereocenters. The number of para-hydroxylation sites is 1. The van der Waals surface area contributed by atoms with E-state index in [1.54, 1.807) is 43.4 Å². The van der Waals surface area contributed by atoms with Gasteiger partial charge in [0.2, 0.25) is 0 Å². The summed E-state index contributed by atoms with van der Waals surface area (Å²) >= 11 is 0. The summed E-state index contributed by atoms with van der Waals surface area (Å²) in [4.78, 5) is 12.5. The number of sulfonamides is 1. The van der Waals surface area contributed by atoms with Crippen molar-refractivity contribution in [2.75, 3.05) is 24.9 Å². The maximum atomic E-state index is 13.0. The average Bonchev–Trinajstić information content (AvgIpc) is 2.65. The van der Waals surface area contributed by atoms with Crippen LogP contribution in [0.3, 0.4) is 0 Å². The molecule has 2 aromatic carbocycles. The van der Waals surface area contributed by atoms with E-state index in [1.807, 2.05) is 13.0 Å². The number of amides is 1. The van der Waals surface area contributed by atoms with Crippen molar-refractivity contribution in [3.05, 3.63) is 60.2 Å². The molecular weight excluding hydrogens is 338 g/mol. The molecule has 0 fully saturated rings. The number of carbonyl (C=O) groups excluding carboxylic acids is 1. The van der Waals surface area contributed by atoms with E-state index >= 15 is 0 Å². The number of carbonyl (C=O) groups is 1. The molecule has 25 heavy (non-hydrogen) atoms. The Kier molecular flexibility index (Phi) is 6.17. The Bertz CT molecular complexity index is 822. The number of nitrogens with zero attached hydrogens (tertiary/aromatic N) is 1. The fourth-order valence-electron chi connectivity index (χ4n) is 2.25. The van der Waals surface area contributed by atoms with Crippen LogP contribution >= 0.6 is 0 Å². The van der Waals surface area contributed by atoms with Gasteiger partial charge in [0.1, 0.15) is 4.90 Å². The van der Waals surface area contributed by atoms with Gasteiger partial charge in [0, 0.05) is 19.6 Å². The van der Waals surface area contributed by atoms with Crippen molar-refractivity contribution in [1.82, 2.24) is 10.6 Å². The predicted octanol–water partition coefficient (Wildman–Crippen LogP) is 1.85. The van der Waals surface area contributed by atoms with Crippen molar-refractivity contribution >= 4 is 21.6 Å². The molecule has 0 bridgehead atoms. The van der Waals surface area contributed by atoms with Gasteiger partial charge in [-0.2, -0.15) is 0 Å². The second-order valence-electron chi connectivity index (χ2n) is 5.70. The topological polar surface area (TPSA) is 78.5 Å². The molecule has 0 radical (unpaired) electrons. The maximum Gasteiger partial charge on any atom is 0.264 e. The van der Waals surface area contributed by atoms with Gasteiger partial charge in [-0.25, -0.2) is 8.42 Å². The minimum Gasteiger partial charge on any atom is -0.350 e. The predicted molar refractivity (Wildman–Crippen MR) is 99.3 cm³/mol. The Morgan fingerprint density at radius 2 is 1.68 bits per heavy atom. The Morgan fingerprint density at radius 1 is 1.08 bits per heavy atom. The lowest BCUT2D eigenvalue weighted by atomic mass is 10.2. The van der Waals surface area contributed by atoms with Crippen LogP contribution < -0.4 is 14.9 Å². The number of nitrogens with one attached hydrogen (secondary N) is 2. The molecular formula is C18H23N3O3S. The van der Waals surface area contributed by atoms with Crippen LogP contribution in [0, 0.1) is 0 Å². The van der Waals surface area contributed by atoms with E-state index in [2.05, 4.69) is 10.6 Å². The molecule has 2 aromatic rings. The van der Waals surface area contributed by atoms with E-state index < -0.39 is 15.9 Å². The van der Waals surface area contributed by atoms with E-state index in [0.29, 0.717) is 12.2 Å². The van der Waals surface area contributed by atoms with Crippen molar-refractivity contribution in [2.45, 2.75) is 17.9 Å². The van der Waals surface area contributed by atoms with Gasteiger partial charge in [-0.1, -0.05) is 30.3 Å². The Balaban J connectivity index is 2.34. The third-order valence-corrected chi connectivity index (χ3v) is 5.80. The van der Waals surface area contributed by atoms with Crippen LogP contribution in [-0.2, 0) is 10.0 Å². The first-order valence-corrected chi connectivity index (χ1v) is 9.40. The summed E-state index contributed by atoms with van der Waals surface area (Å²) in [6, 6.07) is 15.1. The Labute approximate surface area is 148 Å². The van der Waals surface area contributed by atoms with Crippen LogP contribution in [0.4, 0.5) is 5.69 Å². The summed E-state index contributed by atoms with van der Waals surface area (Å²) in [5.41, 5.74) is 0.662. The molecule has 1 atom stereocenters. The molecule has 0 saturated heterocycles. The highest BCUT2D eigenvalue weighted by Gasteiger charge is 2.26. The highest BCUT2D eigenvalue weighted by atomic mass is 32.2. The summed E-state index contributed by atoms with van der Waals surface area (Å²) < 4.78 is 27.1. The molecule has 7 heteroatoms. The van der Waals surface area contributed by atoms with E-state index in [0.717, 1.165) is 0 Å². The minimum absolute atomic E-state index is 0.0176. The molecule has 2 rings (SSSR count). The molecule has 0 saturated carbocycles. The molecule has 6 nitrogen and oxygen atoms in total. The van der Waals surface area contributed by atoms with Gasteiger partial charge in [-0.15, -0.1) is 0 Å². The molecule has 0 aliphatic carbocycles. The molecule has 0 heterocycles. The standard InChI is InChI=1S/C18H23N3O3S/c1-14(19-2)13-20-18(22)16-11-7-8-12-17(16)25(23,24)21(3)15-9-5-4-6-10-15/h4-12,14,19H,13H2,1-3H3,(H,20,22). The highest BCUT2D eigenvalue weighted by molar-refractivity contribution is 7.92. The molecule has 0 aliphatic heterocycles. The van der Waals surface area contributed by atoms with Gasteiger partial charge in [-0.05, 0) is 38.2 Å². The zero-order chi connectivity index (χ0) is 18.4. The number of hydrogen-bond donors (Lipinski definition) is 2. The summed E-state index contributed by atoms with van der Waals surface area (Å²) in [5, 5.41) is 5.77. The van der Waals surface area contributed by atoms with Crippen LogP contribution in [0.5, 0.6) is 0 Å². The first kappa shape index (κ1) is 19.0. The fourth-order valence-corrected chi connectivity index (χ4v) is 3.63. The first-order valence-electron chi connectivity index (χ1n) is 7.96. The normalized spacial score (nSPS) is 12.4. The molecule has 1 amide bonds. The second-order valence-corrected chi connectivity index (χ2v) is 7.64. The number of benzene rings is 2. The van der Waals surface area contributed by atoms with Gasteiger partial charge >= 0.3 is 0 Å². The van der Waals surface area contributed by atoms with Gasteiger partial charge in [0.15, 0.2) is 0 Å². The van der Waals surface area contributed by atoms with Crippen LogP contribution in [0.2, 0.25) is 0 Å². The largest absolute Gasteiger partial charge is 0.350 e. The molecule has 0 aromatic heterocycles. The molecule has 0 spiro atoms. The van der Waals surface area contributed by atoms with Crippen LogP contribution in [0.1, 0.15) is 17.3 Å². The number of anilines is 1. The molecule has 0 aliphatic rings.